The van der Waals surface area contributed by atoms with Crippen LogP contribution in [-0.2, 0) is 9.53 Å². The predicted molar refractivity (Wildman–Crippen MR) is 120 cm³/mol. The number of esters is 1. The van der Waals surface area contributed by atoms with Gasteiger partial charge in [-0.1, -0.05) is 12.1 Å². The Hall–Kier alpha value is -3.88. The van der Waals surface area contributed by atoms with Crippen LogP contribution in [0.5, 0.6) is 11.5 Å². The Balaban J connectivity index is 1.75. The number of hydrogen-bond acceptors (Lipinski definition) is 6. The van der Waals surface area contributed by atoms with Crippen molar-refractivity contribution in [1.82, 2.24) is 9.88 Å². The summed E-state index contributed by atoms with van der Waals surface area (Å²) in [6, 6.07) is 8.17. The summed E-state index contributed by atoms with van der Waals surface area (Å²) in [5.74, 6) is -0.868. The smallest absolute Gasteiger partial charge is 0.343 e. The third kappa shape index (κ3) is 3.40. The molecule has 33 heavy (non-hydrogen) atoms. The highest BCUT2D eigenvalue weighted by atomic mass is 19.1. The van der Waals surface area contributed by atoms with Crippen LogP contribution >= 0.6 is 0 Å². The number of benzene rings is 2. The first-order chi connectivity index (χ1) is 15.9. The standard InChI is InChI=1S/C24H22FN3O5/c1-3-32-24(31)16-12-28-18-6-4-5-7-19(18)33-23-20(28)15(22(16)30)10-17(25)21(23)27-9-8-14(11-27)26-13(2)29/h4-7,10,12,14H,3,8-9,11H2,1-2H3,(H,26,29). The number of halogens is 1. The molecular weight excluding hydrogens is 429 g/mol. The molecule has 5 rings (SSSR count). The van der Waals surface area contributed by atoms with Gasteiger partial charge >= 0.3 is 5.97 Å². The summed E-state index contributed by atoms with van der Waals surface area (Å²) in [5, 5.41) is 2.90. The van der Waals surface area contributed by atoms with Crippen LogP contribution in [0.1, 0.15) is 30.6 Å². The first-order valence-corrected chi connectivity index (χ1v) is 10.8. The third-order valence-electron chi connectivity index (χ3n) is 5.91. The van der Waals surface area contributed by atoms with E-state index < -0.39 is 17.2 Å². The second kappa shape index (κ2) is 7.91. The third-order valence-corrected chi connectivity index (χ3v) is 5.91. The topological polar surface area (TPSA) is 89.9 Å². The average molecular weight is 451 g/mol. The van der Waals surface area contributed by atoms with Crippen molar-refractivity contribution >= 4 is 28.5 Å². The Bertz CT molecular complexity index is 1370. The average Bonchev–Trinajstić information content (AvgIpc) is 3.22. The quantitative estimate of drug-likeness (QED) is 0.480. The van der Waals surface area contributed by atoms with E-state index in [0.717, 1.165) is 6.07 Å². The van der Waals surface area contributed by atoms with Gasteiger partial charge in [-0.25, -0.2) is 9.18 Å². The van der Waals surface area contributed by atoms with Gasteiger partial charge in [-0.15, -0.1) is 0 Å². The molecule has 8 nitrogen and oxygen atoms in total. The molecule has 0 bridgehead atoms. The van der Waals surface area contributed by atoms with Gasteiger partial charge in [0.15, 0.2) is 17.3 Å². The number of carbonyl (C=O) groups is 2. The molecular formula is C24H22FN3O5. The molecule has 1 amide bonds. The maximum absolute atomic E-state index is 15.5. The Morgan fingerprint density at radius 2 is 2.09 bits per heavy atom. The fourth-order valence-electron chi connectivity index (χ4n) is 4.57. The van der Waals surface area contributed by atoms with Gasteiger partial charge in [-0.3, -0.25) is 9.59 Å². The Morgan fingerprint density at radius 3 is 2.85 bits per heavy atom. The molecule has 1 fully saturated rings. The number of aromatic nitrogens is 1. The highest BCUT2D eigenvalue weighted by Crippen LogP contribution is 2.47. The first-order valence-electron chi connectivity index (χ1n) is 10.8. The summed E-state index contributed by atoms with van der Waals surface area (Å²) in [6.07, 6.45) is 2.08. The van der Waals surface area contributed by atoms with Crippen molar-refractivity contribution in [1.29, 1.82) is 0 Å². The number of nitrogens with one attached hydrogen (secondary N) is 1. The van der Waals surface area contributed by atoms with E-state index in [9.17, 15) is 14.4 Å². The number of fused-ring (bicyclic) bond motifs is 2. The maximum atomic E-state index is 15.5. The van der Waals surface area contributed by atoms with E-state index in [2.05, 4.69) is 5.32 Å². The van der Waals surface area contributed by atoms with Gasteiger partial charge < -0.3 is 24.3 Å². The highest BCUT2D eigenvalue weighted by molar-refractivity contribution is 5.99. The van der Waals surface area contributed by atoms with Gasteiger partial charge in [-0.2, -0.15) is 0 Å². The lowest BCUT2D eigenvalue weighted by Gasteiger charge is -2.29. The fourth-order valence-corrected chi connectivity index (χ4v) is 4.57. The Labute approximate surface area is 188 Å². The minimum atomic E-state index is -0.763. The van der Waals surface area contributed by atoms with Crippen molar-refractivity contribution in [3.8, 4) is 17.2 Å². The van der Waals surface area contributed by atoms with Gasteiger partial charge in [-0.05, 0) is 31.5 Å². The molecule has 170 valence electrons. The number of pyridine rings is 1. The van der Waals surface area contributed by atoms with Crippen molar-refractivity contribution in [3.05, 3.63) is 58.1 Å². The number of rotatable bonds is 4. The highest BCUT2D eigenvalue weighted by Gasteiger charge is 2.33. The summed E-state index contributed by atoms with van der Waals surface area (Å²) in [7, 11) is 0. The molecule has 0 aliphatic carbocycles. The molecule has 1 atom stereocenters. The van der Waals surface area contributed by atoms with Crippen LogP contribution < -0.4 is 20.4 Å². The van der Waals surface area contributed by atoms with E-state index in [1.54, 1.807) is 29.7 Å². The van der Waals surface area contributed by atoms with E-state index in [1.165, 1.54) is 13.1 Å². The van der Waals surface area contributed by atoms with Crippen LogP contribution in [-0.4, -0.2) is 42.2 Å². The minimum Gasteiger partial charge on any atom is -0.462 e. The first kappa shape index (κ1) is 21.0. The van der Waals surface area contributed by atoms with Gasteiger partial charge in [0.05, 0.1) is 17.7 Å². The van der Waals surface area contributed by atoms with Crippen LogP contribution in [0, 0.1) is 5.82 Å². The molecule has 0 saturated carbocycles. The number of carbonyl (C=O) groups excluding carboxylic acids is 2. The molecule has 2 aromatic carbocycles. The van der Waals surface area contributed by atoms with Crippen LogP contribution in [0.4, 0.5) is 10.1 Å². The van der Waals surface area contributed by atoms with Gasteiger partial charge in [0, 0.05) is 32.3 Å². The lowest BCUT2D eigenvalue weighted by molar-refractivity contribution is -0.119. The van der Waals surface area contributed by atoms with Crippen LogP contribution in [0.25, 0.3) is 16.6 Å². The monoisotopic (exact) mass is 451 g/mol. The summed E-state index contributed by atoms with van der Waals surface area (Å²) < 4.78 is 28.4. The van der Waals surface area contributed by atoms with Crippen LogP contribution in [0.15, 0.2) is 41.3 Å². The fraction of sp³-hybridized carbons (Fsp3) is 0.292. The number of hydrogen-bond donors (Lipinski definition) is 1. The lowest BCUT2D eigenvalue weighted by atomic mass is 10.1. The normalized spacial score (nSPS) is 16.3. The Morgan fingerprint density at radius 1 is 1.30 bits per heavy atom. The molecule has 1 N–H and O–H groups in total. The summed E-state index contributed by atoms with van der Waals surface area (Å²) in [5.41, 5.74) is 0.432. The zero-order valence-electron chi connectivity index (χ0n) is 18.2. The van der Waals surface area contributed by atoms with E-state index >= 15 is 4.39 Å². The van der Waals surface area contributed by atoms with Crippen molar-refractivity contribution in [2.24, 2.45) is 0 Å². The zero-order valence-corrected chi connectivity index (χ0v) is 18.2. The van der Waals surface area contributed by atoms with Crippen molar-refractivity contribution < 1.29 is 23.5 Å². The van der Waals surface area contributed by atoms with Crippen LogP contribution in [0.3, 0.4) is 0 Å². The summed E-state index contributed by atoms with van der Waals surface area (Å²) in [4.78, 5) is 38.9. The number of anilines is 1. The molecule has 2 aliphatic rings. The molecule has 1 aromatic heterocycles. The molecule has 2 aliphatic heterocycles. The molecule has 1 unspecified atom stereocenters. The van der Waals surface area contributed by atoms with Gasteiger partial charge in [0.1, 0.15) is 16.8 Å². The van der Waals surface area contributed by atoms with Crippen LogP contribution in [0.2, 0.25) is 0 Å². The molecule has 1 saturated heterocycles. The van der Waals surface area contributed by atoms with E-state index in [-0.39, 0.29) is 40.9 Å². The summed E-state index contributed by atoms with van der Waals surface area (Å²) >= 11 is 0. The zero-order chi connectivity index (χ0) is 23.3. The van der Waals surface area contributed by atoms with E-state index in [4.69, 9.17) is 9.47 Å². The molecule has 3 heterocycles. The van der Waals surface area contributed by atoms with Crippen molar-refractivity contribution in [3.63, 3.8) is 0 Å². The van der Waals surface area contributed by atoms with E-state index in [1.807, 2.05) is 11.0 Å². The number of nitrogens with zero attached hydrogens (tertiary/aromatic N) is 2. The number of amides is 1. The van der Waals surface area contributed by atoms with Crippen molar-refractivity contribution in [2.45, 2.75) is 26.3 Å². The van der Waals surface area contributed by atoms with Gasteiger partial charge in [0.25, 0.3) is 0 Å². The predicted octanol–water partition coefficient (Wildman–Crippen LogP) is 3.13. The largest absolute Gasteiger partial charge is 0.462 e. The minimum absolute atomic E-state index is 0.0314. The molecule has 9 heteroatoms. The summed E-state index contributed by atoms with van der Waals surface area (Å²) in [6.45, 7) is 4.13. The lowest BCUT2D eigenvalue weighted by Crippen LogP contribution is -2.35. The number of para-hydroxylation sites is 2. The Kier molecular flexibility index (Phi) is 5.03. The maximum Gasteiger partial charge on any atom is 0.343 e. The van der Waals surface area contributed by atoms with E-state index in [0.29, 0.717) is 36.5 Å². The molecule has 0 spiro atoms. The second-order valence-electron chi connectivity index (χ2n) is 8.10. The molecule has 0 radical (unpaired) electrons. The van der Waals surface area contributed by atoms with Crippen molar-refractivity contribution in [2.75, 3.05) is 24.6 Å². The number of ether oxygens (including phenoxy) is 2. The second-order valence-corrected chi connectivity index (χ2v) is 8.10. The molecule has 3 aromatic rings. The van der Waals surface area contributed by atoms with Gasteiger partial charge in [0.2, 0.25) is 11.3 Å². The SMILES string of the molecule is CCOC(=O)c1cn2c3c(c(N4CCC(NC(C)=O)C4)c(F)cc3c1=O)Oc1ccccc1-2.